The third kappa shape index (κ3) is 10.3. The second kappa shape index (κ2) is 11.2. The molecule has 0 heterocycles. The van der Waals surface area contributed by atoms with Gasteiger partial charge in [-0.2, -0.15) is 0 Å². The Morgan fingerprint density at radius 2 is 1.50 bits per heavy atom. The molecule has 16 heavy (non-hydrogen) atoms. The summed E-state index contributed by atoms with van der Waals surface area (Å²) in [6, 6.07) is 0. The van der Waals surface area contributed by atoms with Gasteiger partial charge in [-0.1, -0.05) is 72.0 Å². The number of unbranched alkanes of at least 4 members (excludes halogenated alkanes) is 2. The maximum absolute atomic E-state index is 2.42. The minimum absolute atomic E-state index is 0.783. The second-order valence-electron chi connectivity index (χ2n) is 5.37. The number of hydrogen-bond acceptors (Lipinski definition) is 0. The molecule has 0 radical (unpaired) electrons. The topological polar surface area (TPSA) is 0 Å². The van der Waals surface area contributed by atoms with Gasteiger partial charge in [0.15, 0.2) is 0 Å². The molecular formula is C16H32. The van der Waals surface area contributed by atoms with E-state index in [4.69, 9.17) is 0 Å². The molecule has 0 nitrogen and oxygen atoms in total. The molecule has 0 amide bonds. The average Bonchev–Trinajstić information content (AvgIpc) is 2.29. The Kier molecular flexibility index (Phi) is 11.0. The van der Waals surface area contributed by atoms with Crippen LogP contribution in [0.4, 0.5) is 0 Å². The predicted molar refractivity (Wildman–Crippen MR) is 75.8 cm³/mol. The lowest BCUT2D eigenvalue weighted by molar-refractivity contribution is 0.474. The van der Waals surface area contributed by atoms with Crippen LogP contribution in [0.1, 0.15) is 79.1 Å². The molecule has 0 saturated carbocycles. The molecule has 0 bridgehead atoms. The first-order valence-corrected chi connectivity index (χ1v) is 7.37. The lowest BCUT2D eigenvalue weighted by atomic mass is 9.98. The third-order valence-electron chi connectivity index (χ3n) is 3.35. The van der Waals surface area contributed by atoms with Crippen molar-refractivity contribution < 1.29 is 0 Å². The first-order chi connectivity index (χ1) is 7.70. The van der Waals surface area contributed by atoms with Gasteiger partial charge in [0.2, 0.25) is 0 Å². The van der Waals surface area contributed by atoms with Crippen LogP contribution < -0.4 is 0 Å². The van der Waals surface area contributed by atoms with Crippen LogP contribution in [0, 0.1) is 11.8 Å². The summed E-state index contributed by atoms with van der Waals surface area (Å²) in [5, 5.41) is 0. The summed E-state index contributed by atoms with van der Waals surface area (Å²) < 4.78 is 0. The largest absolute Gasteiger partial charge is 0.0883 e. The van der Waals surface area contributed by atoms with Crippen LogP contribution >= 0.6 is 0 Å². The van der Waals surface area contributed by atoms with Crippen LogP contribution in [0.3, 0.4) is 0 Å². The Bertz CT molecular complexity index is 157. The zero-order valence-electron chi connectivity index (χ0n) is 12.0. The van der Waals surface area contributed by atoms with Gasteiger partial charge in [-0.3, -0.25) is 0 Å². The molecule has 0 aliphatic heterocycles. The van der Waals surface area contributed by atoms with Crippen molar-refractivity contribution in [1.29, 1.82) is 0 Å². The van der Waals surface area contributed by atoms with E-state index in [-0.39, 0.29) is 0 Å². The van der Waals surface area contributed by atoms with Crippen LogP contribution in [0.5, 0.6) is 0 Å². The van der Waals surface area contributed by atoms with E-state index in [2.05, 4.69) is 39.8 Å². The standard InChI is InChI=1S/C16H32/c1-5-7-11-15(3)13-9-10-14-16(4)12-8-6-2/h9,13,15-16H,5-8,10-12,14H2,1-4H3. The van der Waals surface area contributed by atoms with E-state index in [9.17, 15) is 0 Å². The van der Waals surface area contributed by atoms with E-state index in [0.29, 0.717) is 0 Å². The number of allylic oxidation sites excluding steroid dienone is 2. The van der Waals surface area contributed by atoms with Gasteiger partial charge in [-0.15, -0.1) is 0 Å². The van der Waals surface area contributed by atoms with Crippen LogP contribution in [0.15, 0.2) is 12.2 Å². The van der Waals surface area contributed by atoms with Crippen LogP contribution in [-0.2, 0) is 0 Å². The van der Waals surface area contributed by atoms with E-state index in [1.165, 1.54) is 51.4 Å². The van der Waals surface area contributed by atoms with Crippen molar-refractivity contribution in [2.75, 3.05) is 0 Å². The normalized spacial score (nSPS) is 15.5. The summed E-state index contributed by atoms with van der Waals surface area (Å²) in [6.45, 7) is 9.28. The Balaban J connectivity index is 3.44. The Morgan fingerprint density at radius 3 is 2.12 bits per heavy atom. The van der Waals surface area contributed by atoms with Gasteiger partial charge >= 0.3 is 0 Å². The predicted octanol–water partition coefficient (Wildman–Crippen LogP) is 5.98. The van der Waals surface area contributed by atoms with Crippen molar-refractivity contribution in [3.05, 3.63) is 12.2 Å². The summed E-state index contributed by atoms with van der Waals surface area (Å²) in [5.41, 5.74) is 0. The lowest BCUT2D eigenvalue weighted by Crippen LogP contribution is -1.94. The SMILES string of the molecule is CCCCC(C)C=CCCC(C)CCCC. The highest BCUT2D eigenvalue weighted by Crippen LogP contribution is 2.15. The second-order valence-corrected chi connectivity index (χ2v) is 5.37. The summed E-state index contributed by atoms with van der Waals surface area (Å²) >= 11 is 0. The lowest BCUT2D eigenvalue weighted by Gasteiger charge is -2.09. The number of hydrogen-bond donors (Lipinski definition) is 0. The van der Waals surface area contributed by atoms with Crippen molar-refractivity contribution in [2.24, 2.45) is 11.8 Å². The van der Waals surface area contributed by atoms with Crippen molar-refractivity contribution in [2.45, 2.75) is 79.1 Å². The van der Waals surface area contributed by atoms with Crippen LogP contribution in [0.2, 0.25) is 0 Å². The first kappa shape index (κ1) is 15.7. The summed E-state index contributed by atoms with van der Waals surface area (Å²) in [5.74, 6) is 1.70. The fourth-order valence-electron chi connectivity index (χ4n) is 2.03. The van der Waals surface area contributed by atoms with E-state index < -0.39 is 0 Å². The molecule has 0 aromatic rings. The highest BCUT2D eigenvalue weighted by atomic mass is 14.1. The monoisotopic (exact) mass is 224 g/mol. The molecule has 0 aliphatic rings. The summed E-state index contributed by atoms with van der Waals surface area (Å²) in [7, 11) is 0. The van der Waals surface area contributed by atoms with E-state index in [1.807, 2.05) is 0 Å². The smallest absolute Gasteiger partial charge is 0.0262 e. The Morgan fingerprint density at radius 1 is 0.875 bits per heavy atom. The third-order valence-corrected chi connectivity index (χ3v) is 3.35. The van der Waals surface area contributed by atoms with Gasteiger partial charge in [0.25, 0.3) is 0 Å². The van der Waals surface area contributed by atoms with Crippen LogP contribution in [-0.4, -0.2) is 0 Å². The maximum Gasteiger partial charge on any atom is -0.0262 e. The van der Waals surface area contributed by atoms with Crippen molar-refractivity contribution in [3.8, 4) is 0 Å². The summed E-state index contributed by atoms with van der Waals surface area (Å²) in [4.78, 5) is 0. The molecule has 0 aromatic heterocycles. The molecule has 0 rings (SSSR count). The van der Waals surface area contributed by atoms with Gasteiger partial charge in [-0.05, 0) is 31.1 Å². The van der Waals surface area contributed by atoms with Gasteiger partial charge in [0.05, 0.1) is 0 Å². The Labute approximate surface area is 104 Å². The molecule has 96 valence electrons. The van der Waals surface area contributed by atoms with Gasteiger partial charge < -0.3 is 0 Å². The highest BCUT2D eigenvalue weighted by Gasteiger charge is 2.00. The maximum atomic E-state index is 2.42. The molecule has 0 aromatic carbocycles. The van der Waals surface area contributed by atoms with E-state index >= 15 is 0 Å². The van der Waals surface area contributed by atoms with Crippen molar-refractivity contribution >= 4 is 0 Å². The van der Waals surface area contributed by atoms with Crippen molar-refractivity contribution in [1.82, 2.24) is 0 Å². The molecule has 0 N–H and O–H groups in total. The zero-order valence-corrected chi connectivity index (χ0v) is 12.0. The molecule has 0 spiro atoms. The molecule has 0 saturated heterocycles. The molecular weight excluding hydrogens is 192 g/mol. The quantitative estimate of drug-likeness (QED) is 0.401. The van der Waals surface area contributed by atoms with Gasteiger partial charge in [0.1, 0.15) is 0 Å². The molecule has 2 atom stereocenters. The minimum atomic E-state index is 0.783. The zero-order chi connectivity index (χ0) is 12.2. The molecule has 0 fully saturated rings. The average molecular weight is 224 g/mol. The first-order valence-electron chi connectivity index (χ1n) is 7.37. The van der Waals surface area contributed by atoms with Crippen molar-refractivity contribution in [3.63, 3.8) is 0 Å². The Hall–Kier alpha value is -0.260. The number of rotatable bonds is 10. The fraction of sp³-hybridized carbons (Fsp3) is 0.875. The van der Waals surface area contributed by atoms with Gasteiger partial charge in [0, 0.05) is 0 Å². The molecule has 0 aliphatic carbocycles. The van der Waals surface area contributed by atoms with Gasteiger partial charge in [-0.25, -0.2) is 0 Å². The highest BCUT2D eigenvalue weighted by molar-refractivity contribution is 4.86. The van der Waals surface area contributed by atoms with E-state index in [0.717, 1.165) is 11.8 Å². The van der Waals surface area contributed by atoms with Crippen LogP contribution in [0.25, 0.3) is 0 Å². The molecule has 2 unspecified atom stereocenters. The summed E-state index contributed by atoms with van der Waals surface area (Å²) in [6.07, 6.45) is 15.7. The molecule has 0 heteroatoms. The minimum Gasteiger partial charge on any atom is -0.0883 e. The fourth-order valence-corrected chi connectivity index (χ4v) is 2.03. The van der Waals surface area contributed by atoms with E-state index in [1.54, 1.807) is 0 Å².